The van der Waals surface area contributed by atoms with Gasteiger partial charge in [0, 0.05) is 0 Å². The maximum Gasteiger partial charge on any atom is 0.135 e. The van der Waals surface area contributed by atoms with E-state index in [-0.39, 0.29) is 7.43 Å². The Balaban J connectivity index is 0. The van der Waals surface area contributed by atoms with Crippen LogP contribution in [0.1, 0.15) is 48.0 Å². The summed E-state index contributed by atoms with van der Waals surface area (Å²) in [7, 11) is 0. The second-order valence-corrected chi connectivity index (χ2v) is 3.83. The van der Waals surface area contributed by atoms with E-state index in [4.69, 9.17) is 15.2 Å². The predicted octanol–water partition coefficient (Wildman–Crippen LogP) is 2.13. The molecule has 0 aromatic heterocycles. The number of hydrogen-bond acceptors (Lipinski definition) is 4. The Bertz CT molecular complexity index is 152. The minimum absolute atomic E-state index is 0. The zero-order valence-electron chi connectivity index (χ0n) is 11.2. The van der Waals surface area contributed by atoms with E-state index in [9.17, 15) is 0 Å². The molecule has 4 nitrogen and oxygen atoms in total. The predicted molar refractivity (Wildman–Crippen MR) is 74.1 cm³/mol. The van der Waals surface area contributed by atoms with Crippen molar-refractivity contribution in [2.45, 2.75) is 66.4 Å². The smallest absolute Gasteiger partial charge is 0.135 e. The zero-order chi connectivity index (χ0) is 12.4. The lowest BCUT2D eigenvalue weighted by atomic mass is 10.3. The summed E-state index contributed by atoms with van der Waals surface area (Å²) < 4.78 is 10.1. The summed E-state index contributed by atoms with van der Waals surface area (Å²) in [5.74, 6) is 0. The molecule has 2 heterocycles. The fourth-order valence-electron chi connectivity index (χ4n) is 1.14. The van der Waals surface area contributed by atoms with Crippen LogP contribution in [0, 0.1) is 0 Å². The molecule has 2 aliphatic heterocycles. The van der Waals surface area contributed by atoms with Gasteiger partial charge in [-0.15, -0.1) is 0 Å². The van der Waals surface area contributed by atoms with Crippen molar-refractivity contribution in [1.29, 1.82) is 0 Å². The summed E-state index contributed by atoms with van der Waals surface area (Å²) in [6, 6.07) is 0. The molecule has 0 saturated carbocycles. The van der Waals surface area contributed by atoms with Gasteiger partial charge >= 0.3 is 0 Å². The van der Waals surface area contributed by atoms with E-state index in [1.165, 1.54) is 6.42 Å². The normalized spacial score (nSPS) is 27.7. The standard InChI is InChI=1S/C6H13NO.C4H8O.C2H7N.CH4/c1-3-5-6(8-5)7-4-2;1-2-4-3-5-4;1-2-3;/h5-7H,3-4H2,1-2H3;4H,2-3H2,1H3;2-3H2,1H3;1H4. The van der Waals surface area contributed by atoms with Gasteiger partial charge in [0.2, 0.25) is 0 Å². The summed E-state index contributed by atoms with van der Waals surface area (Å²) in [5, 5.41) is 3.20. The molecular formula is C13H32N2O2. The van der Waals surface area contributed by atoms with Gasteiger partial charge in [-0.25, -0.2) is 0 Å². The lowest BCUT2D eigenvalue weighted by molar-refractivity contribution is 0.345. The van der Waals surface area contributed by atoms with Gasteiger partial charge in [-0.3, -0.25) is 5.32 Å². The van der Waals surface area contributed by atoms with Crippen molar-refractivity contribution in [2.24, 2.45) is 5.73 Å². The van der Waals surface area contributed by atoms with Crippen molar-refractivity contribution in [2.75, 3.05) is 19.7 Å². The van der Waals surface area contributed by atoms with Gasteiger partial charge in [-0.1, -0.05) is 35.1 Å². The molecule has 0 bridgehead atoms. The number of ether oxygens (including phenoxy) is 2. The van der Waals surface area contributed by atoms with Gasteiger partial charge in [-0.2, -0.15) is 0 Å². The van der Waals surface area contributed by atoms with Gasteiger partial charge in [0.25, 0.3) is 0 Å². The van der Waals surface area contributed by atoms with E-state index in [1.807, 2.05) is 6.92 Å². The van der Waals surface area contributed by atoms with Gasteiger partial charge in [-0.05, 0) is 25.9 Å². The molecule has 0 aliphatic carbocycles. The molecule has 0 amide bonds. The van der Waals surface area contributed by atoms with Crippen molar-refractivity contribution in [3.8, 4) is 0 Å². The van der Waals surface area contributed by atoms with Crippen molar-refractivity contribution < 1.29 is 9.47 Å². The molecule has 0 aromatic rings. The Kier molecular flexibility index (Phi) is 13.9. The largest absolute Gasteiger partial charge is 0.373 e. The Morgan fingerprint density at radius 1 is 1.18 bits per heavy atom. The van der Waals surface area contributed by atoms with Crippen molar-refractivity contribution in [3.63, 3.8) is 0 Å². The molecule has 3 atom stereocenters. The maximum absolute atomic E-state index is 5.20. The molecule has 106 valence electrons. The molecular weight excluding hydrogens is 216 g/mol. The Morgan fingerprint density at radius 2 is 1.71 bits per heavy atom. The van der Waals surface area contributed by atoms with Gasteiger partial charge in [0.15, 0.2) is 0 Å². The minimum Gasteiger partial charge on any atom is -0.373 e. The molecule has 2 rings (SSSR count). The molecule has 17 heavy (non-hydrogen) atoms. The van der Waals surface area contributed by atoms with Crippen LogP contribution in [0.4, 0.5) is 0 Å². The van der Waals surface area contributed by atoms with Gasteiger partial charge in [0.1, 0.15) is 6.23 Å². The van der Waals surface area contributed by atoms with E-state index in [0.29, 0.717) is 18.4 Å². The highest BCUT2D eigenvalue weighted by Gasteiger charge is 2.35. The zero-order valence-corrected chi connectivity index (χ0v) is 11.2. The van der Waals surface area contributed by atoms with Crippen LogP contribution in [-0.2, 0) is 9.47 Å². The van der Waals surface area contributed by atoms with E-state index in [2.05, 4.69) is 26.1 Å². The third-order valence-corrected chi connectivity index (χ3v) is 2.25. The van der Waals surface area contributed by atoms with E-state index < -0.39 is 0 Å². The maximum atomic E-state index is 5.20. The van der Waals surface area contributed by atoms with Crippen LogP contribution in [0.15, 0.2) is 0 Å². The summed E-state index contributed by atoms with van der Waals surface area (Å²) in [4.78, 5) is 0. The summed E-state index contributed by atoms with van der Waals surface area (Å²) >= 11 is 0. The first kappa shape index (κ1) is 19.2. The van der Waals surface area contributed by atoms with Crippen LogP contribution < -0.4 is 11.1 Å². The van der Waals surface area contributed by atoms with E-state index in [0.717, 1.165) is 26.1 Å². The first-order valence-electron chi connectivity index (χ1n) is 6.43. The van der Waals surface area contributed by atoms with Crippen LogP contribution in [0.25, 0.3) is 0 Å². The van der Waals surface area contributed by atoms with Crippen molar-refractivity contribution in [1.82, 2.24) is 5.32 Å². The van der Waals surface area contributed by atoms with Gasteiger partial charge in [0.05, 0.1) is 18.8 Å². The van der Waals surface area contributed by atoms with Crippen molar-refractivity contribution in [3.05, 3.63) is 0 Å². The average molecular weight is 248 g/mol. The lowest BCUT2D eigenvalue weighted by Crippen LogP contribution is -2.18. The Labute approximate surface area is 107 Å². The quantitative estimate of drug-likeness (QED) is 0.748. The highest BCUT2D eigenvalue weighted by Crippen LogP contribution is 2.21. The SMILES string of the molecule is C.CCC1CO1.CCN.CCNC1OC1CC. The van der Waals surface area contributed by atoms with E-state index >= 15 is 0 Å². The number of hydrogen-bond donors (Lipinski definition) is 2. The van der Waals surface area contributed by atoms with Gasteiger partial charge < -0.3 is 15.2 Å². The summed E-state index contributed by atoms with van der Waals surface area (Å²) in [5.41, 5.74) is 4.85. The fourth-order valence-corrected chi connectivity index (χ4v) is 1.14. The van der Waals surface area contributed by atoms with Crippen LogP contribution in [0.3, 0.4) is 0 Å². The van der Waals surface area contributed by atoms with Crippen LogP contribution in [0.2, 0.25) is 0 Å². The van der Waals surface area contributed by atoms with Crippen LogP contribution in [0.5, 0.6) is 0 Å². The first-order chi connectivity index (χ1) is 7.73. The monoisotopic (exact) mass is 248 g/mol. The molecule has 2 fully saturated rings. The molecule has 3 unspecified atom stereocenters. The molecule has 2 aliphatic rings. The fraction of sp³-hybridized carbons (Fsp3) is 1.00. The third-order valence-electron chi connectivity index (χ3n) is 2.25. The summed E-state index contributed by atoms with van der Waals surface area (Å²) in [6.07, 6.45) is 3.85. The number of epoxide rings is 2. The minimum atomic E-state index is 0. The van der Waals surface area contributed by atoms with Crippen molar-refractivity contribution >= 4 is 0 Å². The highest BCUT2D eigenvalue weighted by molar-refractivity contribution is 4.79. The number of nitrogens with one attached hydrogen (secondary N) is 1. The molecule has 0 radical (unpaired) electrons. The number of likely N-dealkylation sites (N-methyl/N-ethyl adjacent to an activating group) is 1. The van der Waals surface area contributed by atoms with Crippen LogP contribution >= 0.6 is 0 Å². The second kappa shape index (κ2) is 12.3. The average Bonchev–Trinajstić information content (AvgIpc) is 3.16. The number of nitrogens with two attached hydrogens (primary N) is 1. The summed E-state index contributed by atoms with van der Waals surface area (Å²) in [6.45, 7) is 11.0. The molecule has 4 heteroatoms. The Hall–Kier alpha value is -0.160. The lowest BCUT2D eigenvalue weighted by Gasteiger charge is -1.89. The number of rotatable bonds is 4. The molecule has 0 aromatic carbocycles. The topological polar surface area (TPSA) is 63.1 Å². The second-order valence-electron chi connectivity index (χ2n) is 3.83. The molecule has 3 N–H and O–H groups in total. The molecule has 2 saturated heterocycles. The third kappa shape index (κ3) is 12.1. The molecule has 0 spiro atoms. The first-order valence-corrected chi connectivity index (χ1v) is 6.43. The van der Waals surface area contributed by atoms with Crippen LogP contribution in [-0.4, -0.2) is 38.1 Å². The van der Waals surface area contributed by atoms with E-state index in [1.54, 1.807) is 0 Å². The highest BCUT2D eigenvalue weighted by atomic mass is 16.6. The Morgan fingerprint density at radius 3 is 1.88 bits per heavy atom.